The molecule has 0 aromatic heterocycles. The number of piperidine rings is 1. The van der Waals surface area contributed by atoms with Gasteiger partial charge in [-0.05, 0) is 26.7 Å². The van der Waals surface area contributed by atoms with Gasteiger partial charge >= 0.3 is 12.0 Å². The van der Waals surface area contributed by atoms with Gasteiger partial charge in [-0.25, -0.2) is 4.79 Å². The Labute approximate surface area is 118 Å². The number of hydrogen-bond donors (Lipinski definition) is 2. The van der Waals surface area contributed by atoms with E-state index in [1.54, 1.807) is 14.0 Å². The molecule has 1 saturated heterocycles. The largest absolute Gasteiger partial charge is 0.481 e. The van der Waals surface area contributed by atoms with Gasteiger partial charge < -0.3 is 20.2 Å². The molecule has 1 rings (SSSR count). The lowest BCUT2D eigenvalue weighted by molar-refractivity contribution is -0.143. The minimum atomic E-state index is -0.877. The second kappa shape index (κ2) is 7.12. The van der Waals surface area contributed by atoms with E-state index in [0.717, 1.165) is 0 Å². The van der Waals surface area contributed by atoms with Crippen LogP contribution in [0.3, 0.4) is 0 Å². The normalized spacial score (nSPS) is 20.1. The first-order valence-corrected chi connectivity index (χ1v) is 6.90. The van der Waals surface area contributed by atoms with Gasteiger partial charge in [0.05, 0.1) is 5.92 Å². The van der Waals surface area contributed by atoms with Crippen molar-refractivity contribution < 1.29 is 19.5 Å². The van der Waals surface area contributed by atoms with Gasteiger partial charge in [0.15, 0.2) is 0 Å². The number of hydrogen-bond acceptors (Lipinski definition) is 3. The molecule has 0 radical (unpaired) electrons. The second-order valence-corrected chi connectivity index (χ2v) is 5.15. The van der Waals surface area contributed by atoms with E-state index in [-0.39, 0.29) is 18.5 Å². The fourth-order valence-electron chi connectivity index (χ4n) is 2.19. The predicted octanol–water partition coefficient (Wildman–Crippen LogP) is 0.359. The highest BCUT2D eigenvalue weighted by Crippen LogP contribution is 2.16. The minimum Gasteiger partial charge on any atom is -0.481 e. The zero-order valence-electron chi connectivity index (χ0n) is 12.3. The smallest absolute Gasteiger partial charge is 0.318 e. The first-order chi connectivity index (χ1) is 9.36. The number of likely N-dealkylation sites (N-methyl/N-ethyl adjacent to an activating group) is 1. The molecule has 0 aliphatic carbocycles. The maximum atomic E-state index is 12.0. The summed E-state index contributed by atoms with van der Waals surface area (Å²) in [4.78, 5) is 37.9. The lowest BCUT2D eigenvalue weighted by atomic mass is 9.99. The third-order valence-electron chi connectivity index (χ3n) is 3.62. The van der Waals surface area contributed by atoms with E-state index in [1.165, 1.54) is 9.80 Å². The molecule has 2 unspecified atom stereocenters. The van der Waals surface area contributed by atoms with Crippen molar-refractivity contribution in [1.29, 1.82) is 0 Å². The maximum absolute atomic E-state index is 12.0. The number of rotatable bonds is 4. The number of urea groups is 1. The standard InChI is InChI=1S/C13H23N3O4/c1-4-15(3)11(17)9(2)14-13(20)16-7-5-6-10(8-16)12(18)19/h9-10H,4-8H2,1-3H3,(H,14,20)(H,18,19). The molecule has 0 spiro atoms. The molecular weight excluding hydrogens is 262 g/mol. The van der Waals surface area contributed by atoms with E-state index in [4.69, 9.17) is 5.11 Å². The summed E-state index contributed by atoms with van der Waals surface area (Å²) in [5.41, 5.74) is 0. The Balaban J connectivity index is 2.53. The second-order valence-electron chi connectivity index (χ2n) is 5.15. The number of carbonyl (C=O) groups excluding carboxylic acids is 2. The summed E-state index contributed by atoms with van der Waals surface area (Å²) >= 11 is 0. The van der Waals surface area contributed by atoms with Gasteiger partial charge in [-0.3, -0.25) is 9.59 Å². The summed E-state index contributed by atoms with van der Waals surface area (Å²) in [7, 11) is 1.67. The number of carboxylic acid groups (broad SMARTS) is 1. The average molecular weight is 285 g/mol. The van der Waals surface area contributed by atoms with Crippen LogP contribution in [0.25, 0.3) is 0 Å². The zero-order valence-corrected chi connectivity index (χ0v) is 12.3. The summed E-state index contributed by atoms with van der Waals surface area (Å²) in [6, 6.07) is -0.987. The van der Waals surface area contributed by atoms with Gasteiger partial charge in [0, 0.05) is 26.7 Å². The number of nitrogens with zero attached hydrogens (tertiary/aromatic N) is 2. The van der Waals surface area contributed by atoms with Crippen molar-refractivity contribution in [2.45, 2.75) is 32.7 Å². The Hall–Kier alpha value is -1.79. The Bertz CT molecular complexity index is 386. The van der Waals surface area contributed by atoms with Crippen molar-refractivity contribution in [3.05, 3.63) is 0 Å². The number of likely N-dealkylation sites (tertiary alicyclic amines) is 1. The minimum absolute atomic E-state index is 0.160. The monoisotopic (exact) mass is 285 g/mol. The number of aliphatic carboxylic acids is 1. The molecule has 2 N–H and O–H groups in total. The first-order valence-electron chi connectivity index (χ1n) is 6.90. The van der Waals surface area contributed by atoms with E-state index >= 15 is 0 Å². The van der Waals surface area contributed by atoms with Crippen molar-refractivity contribution >= 4 is 17.9 Å². The summed E-state index contributed by atoms with van der Waals surface area (Å²) in [5.74, 6) is -1.55. The molecule has 114 valence electrons. The molecule has 0 aromatic rings. The van der Waals surface area contributed by atoms with Gasteiger partial charge in [-0.1, -0.05) is 0 Å². The molecule has 0 saturated carbocycles. The van der Waals surface area contributed by atoms with Gasteiger partial charge in [0.1, 0.15) is 6.04 Å². The first kappa shape index (κ1) is 16.3. The third kappa shape index (κ3) is 4.11. The van der Waals surface area contributed by atoms with Crippen LogP contribution in [0.5, 0.6) is 0 Å². The average Bonchev–Trinajstić information content (AvgIpc) is 2.45. The number of carbonyl (C=O) groups is 3. The highest BCUT2D eigenvalue weighted by atomic mass is 16.4. The van der Waals surface area contributed by atoms with E-state index in [2.05, 4.69) is 5.32 Å². The van der Waals surface area contributed by atoms with Crippen molar-refractivity contribution in [3.8, 4) is 0 Å². The topological polar surface area (TPSA) is 90.0 Å². The molecule has 1 fully saturated rings. The quantitative estimate of drug-likeness (QED) is 0.780. The highest BCUT2D eigenvalue weighted by Gasteiger charge is 2.29. The van der Waals surface area contributed by atoms with Crippen molar-refractivity contribution in [2.75, 3.05) is 26.7 Å². The maximum Gasteiger partial charge on any atom is 0.318 e. The van der Waals surface area contributed by atoms with Gasteiger partial charge in [0.25, 0.3) is 0 Å². The molecule has 7 nitrogen and oxygen atoms in total. The summed E-state index contributed by atoms with van der Waals surface area (Å²) < 4.78 is 0. The molecule has 2 atom stereocenters. The molecule has 3 amide bonds. The fraction of sp³-hybridized carbons (Fsp3) is 0.769. The van der Waals surface area contributed by atoms with Crippen molar-refractivity contribution in [2.24, 2.45) is 5.92 Å². The van der Waals surface area contributed by atoms with Gasteiger partial charge in [-0.15, -0.1) is 0 Å². The van der Waals surface area contributed by atoms with Crippen LogP contribution < -0.4 is 5.32 Å². The van der Waals surface area contributed by atoms with E-state index in [1.807, 2.05) is 6.92 Å². The van der Waals surface area contributed by atoms with Crippen molar-refractivity contribution in [1.82, 2.24) is 15.1 Å². The van der Waals surface area contributed by atoms with E-state index in [9.17, 15) is 14.4 Å². The molecular formula is C13H23N3O4. The molecule has 20 heavy (non-hydrogen) atoms. The Morgan fingerprint density at radius 2 is 2.10 bits per heavy atom. The Morgan fingerprint density at radius 3 is 2.65 bits per heavy atom. The van der Waals surface area contributed by atoms with Gasteiger partial charge in [-0.2, -0.15) is 0 Å². The van der Waals surface area contributed by atoms with Gasteiger partial charge in [0.2, 0.25) is 5.91 Å². The Morgan fingerprint density at radius 1 is 1.45 bits per heavy atom. The lowest BCUT2D eigenvalue weighted by Gasteiger charge is -2.32. The van der Waals surface area contributed by atoms with E-state index < -0.39 is 17.9 Å². The number of carboxylic acids is 1. The van der Waals surface area contributed by atoms with Crippen LogP contribution in [-0.4, -0.2) is 65.5 Å². The molecule has 1 aliphatic rings. The van der Waals surface area contributed by atoms with Crippen LogP contribution >= 0.6 is 0 Å². The molecule has 1 aliphatic heterocycles. The molecule has 0 aromatic carbocycles. The lowest BCUT2D eigenvalue weighted by Crippen LogP contribution is -2.52. The van der Waals surface area contributed by atoms with Crippen LogP contribution in [-0.2, 0) is 9.59 Å². The zero-order chi connectivity index (χ0) is 15.3. The number of amides is 3. The summed E-state index contributed by atoms with van der Waals surface area (Å²) in [5, 5.41) is 11.6. The summed E-state index contributed by atoms with van der Waals surface area (Å²) in [6.07, 6.45) is 1.26. The Kier molecular flexibility index (Phi) is 5.79. The van der Waals surface area contributed by atoms with Crippen LogP contribution in [0, 0.1) is 5.92 Å². The summed E-state index contributed by atoms with van der Waals surface area (Å²) in [6.45, 7) is 4.79. The fourth-order valence-corrected chi connectivity index (χ4v) is 2.19. The highest BCUT2D eigenvalue weighted by molar-refractivity contribution is 5.86. The molecule has 7 heteroatoms. The molecule has 0 bridgehead atoms. The van der Waals surface area contributed by atoms with Crippen LogP contribution in [0.2, 0.25) is 0 Å². The predicted molar refractivity (Wildman–Crippen MR) is 73.2 cm³/mol. The van der Waals surface area contributed by atoms with Crippen LogP contribution in [0.1, 0.15) is 26.7 Å². The molecule has 1 heterocycles. The third-order valence-corrected chi connectivity index (χ3v) is 3.62. The SMILES string of the molecule is CCN(C)C(=O)C(C)NC(=O)N1CCCC(C(=O)O)C1. The van der Waals surface area contributed by atoms with Crippen LogP contribution in [0.4, 0.5) is 4.79 Å². The van der Waals surface area contributed by atoms with Crippen molar-refractivity contribution in [3.63, 3.8) is 0 Å². The number of nitrogens with one attached hydrogen (secondary N) is 1. The van der Waals surface area contributed by atoms with E-state index in [0.29, 0.717) is 25.9 Å². The van der Waals surface area contributed by atoms with Crippen LogP contribution in [0.15, 0.2) is 0 Å².